The second kappa shape index (κ2) is 9.17. The van der Waals surface area contributed by atoms with Gasteiger partial charge in [0.2, 0.25) is 11.8 Å². The molecule has 2 N–H and O–H groups in total. The van der Waals surface area contributed by atoms with E-state index < -0.39 is 11.7 Å². The SMILES string of the molecule is C=CC(=O)Nc1cc(NC(=O)CCCC2CCOCC2)ccc1F. The van der Waals surface area contributed by atoms with Gasteiger partial charge in [0.15, 0.2) is 0 Å². The van der Waals surface area contributed by atoms with Crippen molar-refractivity contribution in [3.8, 4) is 0 Å². The molecule has 1 saturated heterocycles. The number of ether oxygens (including phenoxy) is 1. The summed E-state index contributed by atoms with van der Waals surface area (Å²) in [7, 11) is 0. The quantitative estimate of drug-likeness (QED) is 0.750. The molecule has 1 heterocycles. The average Bonchev–Trinajstić information content (AvgIpc) is 2.58. The maximum Gasteiger partial charge on any atom is 0.247 e. The first kappa shape index (κ1) is 18.1. The number of rotatable bonds is 7. The molecule has 0 aromatic heterocycles. The highest BCUT2D eigenvalue weighted by Gasteiger charge is 2.14. The van der Waals surface area contributed by atoms with Crippen LogP contribution in [0.1, 0.15) is 32.1 Å². The van der Waals surface area contributed by atoms with Crippen molar-refractivity contribution in [3.05, 3.63) is 36.7 Å². The van der Waals surface area contributed by atoms with Crippen LogP contribution in [-0.2, 0) is 14.3 Å². The highest BCUT2D eigenvalue weighted by molar-refractivity contribution is 5.99. The molecule has 1 aromatic carbocycles. The Morgan fingerprint density at radius 3 is 2.75 bits per heavy atom. The van der Waals surface area contributed by atoms with Crippen molar-refractivity contribution in [3.63, 3.8) is 0 Å². The Bertz CT molecular complexity index is 598. The van der Waals surface area contributed by atoms with Crippen molar-refractivity contribution in [2.75, 3.05) is 23.8 Å². The molecule has 130 valence electrons. The third-order valence-corrected chi connectivity index (χ3v) is 4.05. The topological polar surface area (TPSA) is 67.4 Å². The zero-order chi connectivity index (χ0) is 17.4. The highest BCUT2D eigenvalue weighted by atomic mass is 19.1. The number of carbonyl (C=O) groups is 2. The molecule has 0 radical (unpaired) electrons. The van der Waals surface area contributed by atoms with E-state index in [1.807, 2.05) is 0 Å². The van der Waals surface area contributed by atoms with Crippen molar-refractivity contribution in [2.24, 2.45) is 5.92 Å². The van der Waals surface area contributed by atoms with E-state index in [4.69, 9.17) is 4.74 Å². The second-order valence-corrected chi connectivity index (χ2v) is 5.88. The van der Waals surface area contributed by atoms with Crippen molar-refractivity contribution in [1.82, 2.24) is 0 Å². The third kappa shape index (κ3) is 5.77. The first-order valence-electron chi connectivity index (χ1n) is 8.19. The van der Waals surface area contributed by atoms with Gasteiger partial charge < -0.3 is 15.4 Å². The second-order valence-electron chi connectivity index (χ2n) is 5.88. The van der Waals surface area contributed by atoms with E-state index in [2.05, 4.69) is 17.2 Å². The van der Waals surface area contributed by atoms with E-state index in [9.17, 15) is 14.0 Å². The fraction of sp³-hybridized carbons (Fsp3) is 0.444. The smallest absolute Gasteiger partial charge is 0.247 e. The molecule has 24 heavy (non-hydrogen) atoms. The molecule has 2 rings (SSSR count). The van der Waals surface area contributed by atoms with Gasteiger partial charge in [-0.05, 0) is 55.9 Å². The number of hydrogen-bond acceptors (Lipinski definition) is 3. The molecule has 6 heteroatoms. The molecule has 2 amide bonds. The fourth-order valence-corrected chi connectivity index (χ4v) is 2.69. The lowest BCUT2D eigenvalue weighted by molar-refractivity contribution is -0.116. The number of amides is 2. The summed E-state index contributed by atoms with van der Waals surface area (Å²) in [5.41, 5.74) is 0.465. The third-order valence-electron chi connectivity index (χ3n) is 4.05. The molecule has 1 aliphatic rings. The van der Waals surface area contributed by atoms with Crippen molar-refractivity contribution >= 4 is 23.2 Å². The predicted molar refractivity (Wildman–Crippen MR) is 91.3 cm³/mol. The largest absolute Gasteiger partial charge is 0.381 e. The average molecular weight is 334 g/mol. The van der Waals surface area contributed by atoms with Crippen molar-refractivity contribution in [1.29, 1.82) is 0 Å². The zero-order valence-corrected chi connectivity index (χ0v) is 13.6. The molecular formula is C18H23FN2O3. The van der Waals surface area contributed by atoms with Gasteiger partial charge in [-0.2, -0.15) is 0 Å². The van der Waals surface area contributed by atoms with Gasteiger partial charge >= 0.3 is 0 Å². The first-order chi connectivity index (χ1) is 11.6. The van der Waals surface area contributed by atoms with E-state index in [-0.39, 0.29) is 11.6 Å². The van der Waals surface area contributed by atoms with Gasteiger partial charge in [-0.15, -0.1) is 0 Å². The van der Waals surface area contributed by atoms with Crippen LogP contribution in [0.25, 0.3) is 0 Å². The number of halogens is 1. The molecule has 5 nitrogen and oxygen atoms in total. The summed E-state index contributed by atoms with van der Waals surface area (Å²) in [6.07, 6.45) is 5.43. The van der Waals surface area contributed by atoms with Crippen LogP contribution in [0.15, 0.2) is 30.9 Å². The van der Waals surface area contributed by atoms with Crippen LogP contribution >= 0.6 is 0 Å². The minimum atomic E-state index is -0.567. The molecule has 0 spiro atoms. The lowest BCUT2D eigenvalue weighted by Crippen LogP contribution is -2.17. The van der Waals surface area contributed by atoms with Crippen LogP contribution in [0.4, 0.5) is 15.8 Å². The van der Waals surface area contributed by atoms with Crippen molar-refractivity contribution < 1.29 is 18.7 Å². The predicted octanol–water partition coefficient (Wildman–Crippen LogP) is 3.49. The number of hydrogen-bond donors (Lipinski definition) is 2. The van der Waals surface area contributed by atoms with E-state index in [1.165, 1.54) is 18.2 Å². The van der Waals surface area contributed by atoms with Gasteiger partial charge in [0.05, 0.1) is 5.69 Å². The van der Waals surface area contributed by atoms with Crippen LogP contribution in [0, 0.1) is 11.7 Å². The van der Waals surface area contributed by atoms with Crippen LogP contribution in [0.3, 0.4) is 0 Å². The Balaban J connectivity index is 1.81. The minimum absolute atomic E-state index is 0.0138. The number of anilines is 2. The Morgan fingerprint density at radius 2 is 2.04 bits per heavy atom. The van der Waals surface area contributed by atoms with Crippen LogP contribution in [-0.4, -0.2) is 25.0 Å². The summed E-state index contributed by atoms with van der Waals surface area (Å²) in [5, 5.41) is 5.10. The minimum Gasteiger partial charge on any atom is -0.381 e. The summed E-state index contributed by atoms with van der Waals surface area (Å²) in [6, 6.07) is 4.07. The molecule has 1 fully saturated rings. The normalized spacial score (nSPS) is 14.9. The van der Waals surface area contributed by atoms with Gasteiger partial charge in [0.1, 0.15) is 5.82 Å². The Labute approximate surface area is 141 Å². The summed E-state index contributed by atoms with van der Waals surface area (Å²) >= 11 is 0. The van der Waals surface area contributed by atoms with E-state index in [0.29, 0.717) is 18.0 Å². The van der Waals surface area contributed by atoms with Gasteiger partial charge in [-0.1, -0.05) is 6.58 Å². The number of nitrogens with one attached hydrogen (secondary N) is 2. The maximum absolute atomic E-state index is 13.6. The lowest BCUT2D eigenvalue weighted by Gasteiger charge is -2.21. The number of carbonyl (C=O) groups excluding carboxylic acids is 2. The van der Waals surface area contributed by atoms with E-state index in [1.54, 1.807) is 0 Å². The summed E-state index contributed by atoms with van der Waals surface area (Å²) in [6.45, 7) is 4.94. The standard InChI is InChI=1S/C18H23FN2O3/c1-2-17(22)21-16-12-14(6-7-15(16)19)20-18(23)5-3-4-13-8-10-24-11-9-13/h2,6-7,12-13H,1,3-5,8-11H2,(H,20,23)(H,21,22). The van der Waals surface area contributed by atoms with Gasteiger partial charge in [-0.3, -0.25) is 9.59 Å². The zero-order valence-electron chi connectivity index (χ0n) is 13.6. The lowest BCUT2D eigenvalue weighted by atomic mass is 9.94. The Kier molecular flexibility index (Phi) is 6.93. The number of benzene rings is 1. The summed E-state index contributed by atoms with van der Waals surface area (Å²) < 4.78 is 19.0. The van der Waals surface area contributed by atoms with Crippen LogP contribution in [0.2, 0.25) is 0 Å². The first-order valence-corrected chi connectivity index (χ1v) is 8.19. The monoisotopic (exact) mass is 334 g/mol. The molecule has 0 aliphatic carbocycles. The van der Waals surface area contributed by atoms with Gasteiger partial charge in [0, 0.05) is 25.3 Å². The molecule has 0 unspecified atom stereocenters. The summed E-state index contributed by atoms with van der Waals surface area (Å²) in [4.78, 5) is 23.3. The Hall–Kier alpha value is -2.21. The molecular weight excluding hydrogens is 311 g/mol. The molecule has 0 saturated carbocycles. The van der Waals surface area contributed by atoms with Crippen LogP contribution in [0.5, 0.6) is 0 Å². The molecule has 1 aliphatic heterocycles. The van der Waals surface area contributed by atoms with Crippen molar-refractivity contribution in [2.45, 2.75) is 32.1 Å². The van der Waals surface area contributed by atoms with Gasteiger partial charge in [0.25, 0.3) is 0 Å². The van der Waals surface area contributed by atoms with Crippen LogP contribution < -0.4 is 10.6 Å². The van der Waals surface area contributed by atoms with E-state index >= 15 is 0 Å². The summed E-state index contributed by atoms with van der Waals surface area (Å²) in [5.74, 6) is -0.552. The highest BCUT2D eigenvalue weighted by Crippen LogP contribution is 2.22. The maximum atomic E-state index is 13.6. The molecule has 0 bridgehead atoms. The molecule has 1 aromatic rings. The Morgan fingerprint density at radius 1 is 1.29 bits per heavy atom. The fourth-order valence-electron chi connectivity index (χ4n) is 2.69. The molecule has 0 atom stereocenters. The van der Waals surface area contributed by atoms with E-state index in [0.717, 1.165) is 45.0 Å². The van der Waals surface area contributed by atoms with Gasteiger partial charge in [-0.25, -0.2) is 4.39 Å².